The van der Waals surface area contributed by atoms with Crippen LogP contribution < -0.4 is 0 Å². The third-order valence-electron chi connectivity index (χ3n) is 2.12. The lowest BCUT2D eigenvalue weighted by Gasteiger charge is -1.89. The van der Waals surface area contributed by atoms with E-state index in [1.54, 1.807) is 0 Å². The van der Waals surface area contributed by atoms with Gasteiger partial charge in [0.25, 0.3) is 0 Å². The molecular formula is C11H18O5. The minimum atomic E-state index is -0.948. The second kappa shape index (κ2) is 8.91. The van der Waals surface area contributed by atoms with E-state index in [1.807, 2.05) is 0 Å². The molecule has 0 aromatic heterocycles. The van der Waals surface area contributed by atoms with Gasteiger partial charge in [0.1, 0.15) is 0 Å². The Kier molecular flexibility index (Phi) is 8.15. The van der Waals surface area contributed by atoms with Crippen LogP contribution in [0.3, 0.4) is 0 Å². The minimum absolute atomic E-state index is 0.0632. The summed E-state index contributed by atoms with van der Waals surface area (Å²) in [5, 5.41) is 24.6. The van der Waals surface area contributed by atoms with E-state index < -0.39 is 11.9 Å². The van der Waals surface area contributed by atoms with Crippen molar-refractivity contribution in [3.63, 3.8) is 0 Å². The molecule has 0 amide bonds. The highest BCUT2D eigenvalue weighted by atomic mass is 16.4. The number of hydrogen-bond donors (Lipinski definition) is 3. The largest absolute Gasteiger partial charge is 0.481 e. The van der Waals surface area contributed by atoms with Crippen LogP contribution in [0.4, 0.5) is 0 Å². The SMILES string of the molecule is O=C(O)CCCC(=O)O.OCC1=CCCC1. The van der Waals surface area contributed by atoms with Gasteiger partial charge in [-0.05, 0) is 31.3 Å². The van der Waals surface area contributed by atoms with Crippen LogP contribution in [-0.2, 0) is 9.59 Å². The first-order valence-corrected chi connectivity index (χ1v) is 5.28. The van der Waals surface area contributed by atoms with E-state index in [0.717, 1.165) is 6.42 Å². The van der Waals surface area contributed by atoms with E-state index in [0.29, 0.717) is 0 Å². The van der Waals surface area contributed by atoms with E-state index in [2.05, 4.69) is 6.08 Å². The molecule has 92 valence electrons. The lowest BCUT2D eigenvalue weighted by molar-refractivity contribution is -0.138. The number of carboxylic acid groups (broad SMARTS) is 2. The molecule has 0 aromatic rings. The van der Waals surface area contributed by atoms with Crippen molar-refractivity contribution in [3.8, 4) is 0 Å². The van der Waals surface area contributed by atoms with E-state index in [4.69, 9.17) is 15.3 Å². The van der Waals surface area contributed by atoms with Crippen molar-refractivity contribution < 1.29 is 24.9 Å². The molecule has 0 fully saturated rings. The Labute approximate surface area is 94.4 Å². The molecule has 0 saturated carbocycles. The smallest absolute Gasteiger partial charge is 0.303 e. The van der Waals surface area contributed by atoms with Crippen LogP contribution in [0.5, 0.6) is 0 Å². The molecular weight excluding hydrogens is 212 g/mol. The number of aliphatic hydroxyl groups is 1. The quantitative estimate of drug-likeness (QED) is 0.621. The number of rotatable bonds is 5. The van der Waals surface area contributed by atoms with E-state index in [1.165, 1.54) is 18.4 Å². The van der Waals surface area contributed by atoms with Crippen LogP contribution in [0.2, 0.25) is 0 Å². The number of allylic oxidation sites excluding steroid dienone is 1. The van der Waals surface area contributed by atoms with Crippen molar-refractivity contribution in [2.45, 2.75) is 38.5 Å². The van der Waals surface area contributed by atoms with Gasteiger partial charge in [0.2, 0.25) is 0 Å². The Morgan fingerprint density at radius 3 is 2.00 bits per heavy atom. The summed E-state index contributed by atoms with van der Waals surface area (Å²) in [6.45, 7) is 0.278. The maximum atomic E-state index is 9.79. The highest BCUT2D eigenvalue weighted by molar-refractivity contribution is 5.69. The number of hydrogen-bond acceptors (Lipinski definition) is 3. The summed E-state index contributed by atoms with van der Waals surface area (Å²) in [5.41, 5.74) is 1.22. The van der Waals surface area contributed by atoms with Gasteiger partial charge in [-0.25, -0.2) is 0 Å². The Morgan fingerprint density at radius 1 is 1.19 bits per heavy atom. The maximum Gasteiger partial charge on any atom is 0.303 e. The second-order valence-corrected chi connectivity index (χ2v) is 3.55. The average molecular weight is 230 g/mol. The van der Waals surface area contributed by atoms with Gasteiger partial charge in [0, 0.05) is 12.8 Å². The third-order valence-corrected chi connectivity index (χ3v) is 2.12. The van der Waals surface area contributed by atoms with Gasteiger partial charge < -0.3 is 15.3 Å². The molecule has 5 heteroatoms. The Bertz CT molecular complexity index is 243. The molecule has 0 spiro atoms. The predicted octanol–water partition coefficient (Wildman–Crippen LogP) is 1.41. The fourth-order valence-electron chi connectivity index (χ4n) is 1.27. The summed E-state index contributed by atoms with van der Waals surface area (Å²) in [4.78, 5) is 19.6. The molecule has 0 aromatic carbocycles. The lowest BCUT2D eigenvalue weighted by atomic mass is 10.2. The fourth-order valence-corrected chi connectivity index (χ4v) is 1.27. The second-order valence-electron chi connectivity index (χ2n) is 3.55. The number of carboxylic acids is 2. The Hall–Kier alpha value is -1.36. The zero-order chi connectivity index (χ0) is 12.4. The average Bonchev–Trinajstić information content (AvgIpc) is 2.69. The molecule has 1 aliphatic rings. The molecule has 1 aliphatic carbocycles. The topological polar surface area (TPSA) is 94.8 Å². The van der Waals surface area contributed by atoms with Crippen molar-refractivity contribution in [1.29, 1.82) is 0 Å². The van der Waals surface area contributed by atoms with Gasteiger partial charge in [0.05, 0.1) is 6.61 Å². The molecule has 1 rings (SSSR count). The minimum Gasteiger partial charge on any atom is -0.481 e. The van der Waals surface area contributed by atoms with E-state index >= 15 is 0 Å². The van der Waals surface area contributed by atoms with Crippen LogP contribution in [0.15, 0.2) is 11.6 Å². The molecule has 0 saturated heterocycles. The third kappa shape index (κ3) is 9.21. The van der Waals surface area contributed by atoms with E-state index in [9.17, 15) is 9.59 Å². The van der Waals surface area contributed by atoms with Gasteiger partial charge in [-0.15, -0.1) is 0 Å². The van der Waals surface area contributed by atoms with Gasteiger partial charge >= 0.3 is 11.9 Å². The number of aliphatic carboxylic acids is 2. The van der Waals surface area contributed by atoms with E-state index in [-0.39, 0.29) is 25.9 Å². The van der Waals surface area contributed by atoms with Crippen molar-refractivity contribution >= 4 is 11.9 Å². The zero-order valence-corrected chi connectivity index (χ0v) is 9.19. The first-order valence-electron chi connectivity index (χ1n) is 5.28. The monoisotopic (exact) mass is 230 g/mol. The van der Waals surface area contributed by atoms with Gasteiger partial charge in [0.15, 0.2) is 0 Å². The highest BCUT2D eigenvalue weighted by Gasteiger charge is 2.00. The molecule has 0 unspecified atom stereocenters. The standard InChI is InChI=1S/C6H10O.C5H8O4/c7-5-6-3-1-2-4-6;6-4(7)2-1-3-5(8)9/h3,7H,1-2,4-5H2;1-3H2,(H,6,7)(H,8,9). The summed E-state index contributed by atoms with van der Waals surface area (Å²) >= 11 is 0. The summed E-state index contributed by atoms with van der Waals surface area (Å²) in [6.07, 6.45) is 5.76. The molecule has 5 nitrogen and oxygen atoms in total. The molecule has 0 radical (unpaired) electrons. The van der Waals surface area contributed by atoms with Crippen molar-refractivity contribution in [2.24, 2.45) is 0 Å². The normalized spacial score (nSPS) is 13.7. The summed E-state index contributed by atoms with van der Waals surface area (Å²) in [6, 6.07) is 0. The molecule has 0 bridgehead atoms. The van der Waals surface area contributed by atoms with Gasteiger partial charge in [-0.1, -0.05) is 6.08 Å². The van der Waals surface area contributed by atoms with Crippen molar-refractivity contribution in [2.75, 3.05) is 6.61 Å². The Morgan fingerprint density at radius 2 is 1.75 bits per heavy atom. The first-order chi connectivity index (χ1) is 7.56. The number of aliphatic hydroxyl groups excluding tert-OH is 1. The highest BCUT2D eigenvalue weighted by Crippen LogP contribution is 2.15. The molecule has 0 aliphatic heterocycles. The van der Waals surface area contributed by atoms with Crippen LogP contribution >= 0.6 is 0 Å². The molecule has 0 atom stereocenters. The van der Waals surface area contributed by atoms with Crippen LogP contribution in [0.25, 0.3) is 0 Å². The maximum absolute atomic E-state index is 9.79. The summed E-state index contributed by atoms with van der Waals surface area (Å²) < 4.78 is 0. The van der Waals surface area contributed by atoms with Crippen LogP contribution in [0, 0.1) is 0 Å². The molecule has 16 heavy (non-hydrogen) atoms. The zero-order valence-electron chi connectivity index (χ0n) is 9.19. The van der Waals surface area contributed by atoms with Gasteiger partial charge in [-0.3, -0.25) is 9.59 Å². The lowest BCUT2D eigenvalue weighted by Crippen LogP contribution is -1.98. The Balaban J connectivity index is 0.000000288. The van der Waals surface area contributed by atoms with Gasteiger partial charge in [-0.2, -0.15) is 0 Å². The molecule has 0 heterocycles. The van der Waals surface area contributed by atoms with Crippen molar-refractivity contribution in [1.82, 2.24) is 0 Å². The summed E-state index contributed by atoms with van der Waals surface area (Å²) in [5.74, 6) is -1.90. The number of carbonyl (C=O) groups is 2. The molecule has 3 N–H and O–H groups in total. The predicted molar refractivity (Wildman–Crippen MR) is 58.1 cm³/mol. The van der Waals surface area contributed by atoms with Crippen molar-refractivity contribution in [3.05, 3.63) is 11.6 Å². The summed E-state index contributed by atoms with van der Waals surface area (Å²) in [7, 11) is 0. The van der Waals surface area contributed by atoms with Crippen LogP contribution in [0.1, 0.15) is 38.5 Å². The first kappa shape index (κ1) is 14.6. The van der Waals surface area contributed by atoms with Crippen LogP contribution in [-0.4, -0.2) is 33.9 Å². The fraction of sp³-hybridized carbons (Fsp3) is 0.636.